The molecule has 6 heteroatoms. The number of halogens is 1. The molecule has 0 aliphatic heterocycles. The van der Waals surface area contributed by atoms with Crippen molar-refractivity contribution in [3.8, 4) is 0 Å². The minimum absolute atomic E-state index is 0.0234. The number of oxime groups is 1. The molecule has 1 aromatic heterocycles. The normalized spacial score (nSPS) is 11.9. The smallest absolute Gasteiger partial charge is 0.189 e. The maximum absolute atomic E-state index is 13.2. The zero-order valence-electron chi connectivity index (χ0n) is 11.7. The fourth-order valence-electron chi connectivity index (χ4n) is 2.14. The van der Waals surface area contributed by atoms with Crippen LogP contribution in [0.3, 0.4) is 0 Å². The quantitative estimate of drug-likeness (QED) is 0.382. The van der Waals surface area contributed by atoms with E-state index in [0.29, 0.717) is 18.8 Å². The molecule has 0 saturated heterocycles. The first-order valence-electron chi connectivity index (χ1n) is 6.45. The summed E-state index contributed by atoms with van der Waals surface area (Å²) < 4.78 is 13.2. The molecule has 5 nitrogen and oxygen atoms in total. The first-order valence-corrected chi connectivity index (χ1v) is 6.45. The van der Waals surface area contributed by atoms with Crippen LogP contribution >= 0.6 is 0 Å². The molecule has 2 aromatic rings. The van der Waals surface area contributed by atoms with E-state index in [1.54, 1.807) is 18.3 Å². The van der Waals surface area contributed by atoms with E-state index < -0.39 is 0 Å². The van der Waals surface area contributed by atoms with E-state index >= 15 is 0 Å². The average Bonchev–Trinajstić information content (AvgIpc) is 2.47. The van der Waals surface area contributed by atoms with Gasteiger partial charge >= 0.3 is 0 Å². The van der Waals surface area contributed by atoms with Crippen molar-refractivity contribution in [1.82, 2.24) is 9.88 Å². The molecular formula is C15H17FN4O. The van der Waals surface area contributed by atoms with Crippen LogP contribution in [0.15, 0.2) is 47.8 Å². The van der Waals surface area contributed by atoms with Gasteiger partial charge in [0.15, 0.2) is 5.84 Å². The van der Waals surface area contributed by atoms with E-state index in [2.05, 4.69) is 10.1 Å². The molecular weight excluding hydrogens is 271 g/mol. The molecule has 0 bridgehead atoms. The Hall–Kier alpha value is -2.47. The molecule has 0 aliphatic rings. The molecule has 2 rings (SSSR count). The lowest BCUT2D eigenvalue weighted by Gasteiger charge is -2.18. The molecule has 3 N–H and O–H groups in total. The Bertz CT molecular complexity index is 645. The zero-order chi connectivity index (χ0) is 15.2. The van der Waals surface area contributed by atoms with Crippen LogP contribution in [0.1, 0.15) is 16.8 Å². The first-order chi connectivity index (χ1) is 10.1. The average molecular weight is 288 g/mol. The second kappa shape index (κ2) is 6.81. The van der Waals surface area contributed by atoms with Crippen molar-refractivity contribution in [2.24, 2.45) is 10.9 Å². The first kappa shape index (κ1) is 14.9. The standard InChI is InChI=1S/C15H17FN4O/c1-20(9-11-4-2-6-13(16)8-11)10-12-5-3-7-18-14(12)15(17)19-21/h2-8,21H,9-10H2,1H3,(H2,17,19). The van der Waals surface area contributed by atoms with Crippen LogP contribution < -0.4 is 5.73 Å². The second-order valence-electron chi connectivity index (χ2n) is 4.80. The summed E-state index contributed by atoms with van der Waals surface area (Å²) in [6.45, 7) is 1.14. The highest BCUT2D eigenvalue weighted by atomic mass is 19.1. The summed E-state index contributed by atoms with van der Waals surface area (Å²) in [6, 6.07) is 10.1. The Kier molecular flexibility index (Phi) is 4.84. The Morgan fingerprint density at radius 1 is 1.33 bits per heavy atom. The monoisotopic (exact) mass is 288 g/mol. The number of hydrogen-bond acceptors (Lipinski definition) is 4. The number of hydrogen-bond donors (Lipinski definition) is 2. The molecule has 0 unspecified atom stereocenters. The van der Waals surface area contributed by atoms with Gasteiger partial charge in [0.25, 0.3) is 0 Å². The Morgan fingerprint density at radius 2 is 2.14 bits per heavy atom. The van der Waals surface area contributed by atoms with Gasteiger partial charge in [-0.1, -0.05) is 23.4 Å². The molecule has 21 heavy (non-hydrogen) atoms. The van der Waals surface area contributed by atoms with Crippen molar-refractivity contribution in [2.75, 3.05) is 7.05 Å². The molecule has 0 radical (unpaired) electrons. The third-order valence-corrected chi connectivity index (χ3v) is 3.02. The zero-order valence-corrected chi connectivity index (χ0v) is 11.7. The highest BCUT2D eigenvalue weighted by Crippen LogP contribution is 2.12. The lowest BCUT2D eigenvalue weighted by molar-refractivity contribution is 0.314. The summed E-state index contributed by atoms with van der Waals surface area (Å²) in [5.74, 6) is -0.274. The van der Waals surface area contributed by atoms with Crippen molar-refractivity contribution in [3.05, 3.63) is 65.2 Å². The van der Waals surface area contributed by atoms with Crippen LogP contribution in [-0.2, 0) is 13.1 Å². The molecule has 0 aliphatic carbocycles. The van der Waals surface area contributed by atoms with E-state index in [1.807, 2.05) is 24.1 Å². The molecule has 1 aromatic carbocycles. The van der Waals surface area contributed by atoms with Gasteiger partial charge in [-0.3, -0.25) is 9.88 Å². The summed E-state index contributed by atoms with van der Waals surface area (Å²) in [5.41, 5.74) is 7.78. The van der Waals surface area contributed by atoms with Crippen LogP contribution in [0, 0.1) is 5.82 Å². The SMILES string of the molecule is CN(Cc1cccc(F)c1)Cc1cccnc1C(N)=NO. The molecule has 0 saturated carbocycles. The number of aromatic nitrogens is 1. The minimum Gasteiger partial charge on any atom is -0.409 e. The van der Waals surface area contributed by atoms with Gasteiger partial charge in [-0.15, -0.1) is 0 Å². The highest BCUT2D eigenvalue weighted by molar-refractivity contribution is 5.96. The van der Waals surface area contributed by atoms with Crippen LogP contribution in [0.25, 0.3) is 0 Å². The van der Waals surface area contributed by atoms with Gasteiger partial charge in [-0.25, -0.2) is 4.39 Å². The lowest BCUT2D eigenvalue weighted by atomic mass is 10.1. The van der Waals surface area contributed by atoms with Gasteiger partial charge in [-0.05, 0) is 36.4 Å². The van der Waals surface area contributed by atoms with Crippen LogP contribution in [0.5, 0.6) is 0 Å². The molecule has 0 spiro atoms. The van der Waals surface area contributed by atoms with E-state index in [4.69, 9.17) is 10.9 Å². The van der Waals surface area contributed by atoms with Crippen molar-refractivity contribution in [3.63, 3.8) is 0 Å². The molecule has 1 heterocycles. The van der Waals surface area contributed by atoms with Gasteiger partial charge in [0.2, 0.25) is 0 Å². The van der Waals surface area contributed by atoms with Crippen molar-refractivity contribution < 1.29 is 9.60 Å². The lowest BCUT2D eigenvalue weighted by Crippen LogP contribution is -2.22. The Morgan fingerprint density at radius 3 is 2.86 bits per heavy atom. The number of nitrogens with two attached hydrogens (primary N) is 1. The number of rotatable bonds is 5. The van der Waals surface area contributed by atoms with Gasteiger partial charge < -0.3 is 10.9 Å². The molecule has 0 fully saturated rings. The minimum atomic E-state index is -0.250. The fraction of sp³-hybridized carbons (Fsp3) is 0.200. The van der Waals surface area contributed by atoms with E-state index in [1.165, 1.54) is 12.1 Å². The van der Waals surface area contributed by atoms with Crippen LogP contribution in [0.2, 0.25) is 0 Å². The number of nitrogens with zero attached hydrogens (tertiary/aromatic N) is 3. The maximum atomic E-state index is 13.2. The Labute approximate surface area is 122 Å². The number of pyridine rings is 1. The van der Waals surface area contributed by atoms with Crippen molar-refractivity contribution in [1.29, 1.82) is 0 Å². The predicted molar refractivity (Wildman–Crippen MR) is 78.3 cm³/mol. The third-order valence-electron chi connectivity index (χ3n) is 3.02. The van der Waals surface area contributed by atoms with Crippen molar-refractivity contribution in [2.45, 2.75) is 13.1 Å². The summed E-state index contributed by atoms with van der Waals surface area (Å²) in [6.07, 6.45) is 1.59. The fourth-order valence-corrected chi connectivity index (χ4v) is 2.14. The van der Waals surface area contributed by atoms with Gasteiger partial charge in [0.1, 0.15) is 11.5 Å². The van der Waals surface area contributed by atoms with Gasteiger partial charge in [-0.2, -0.15) is 0 Å². The van der Waals surface area contributed by atoms with Crippen LogP contribution in [0.4, 0.5) is 4.39 Å². The van der Waals surface area contributed by atoms with Crippen molar-refractivity contribution >= 4 is 5.84 Å². The van der Waals surface area contributed by atoms with E-state index in [0.717, 1.165) is 11.1 Å². The second-order valence-corrected chi connectivity index (χ2v) is 4.80. The maximum Gasteiger partial charge on any atom is 0.189 e. The molecule has 0 atom stereocenters. The molecule has 0 amide bonds. The summed E-state index contributed by atoms with van der Waals surface area (Å²) in [5, 5.41) is 11.8. The largest absolute Gasteiger partial charge is 0.409 e. The highest BCUT2D eigenvalue weighted by Gasteiger charge is 2.10. The van der Waals surface area contributed by atoms with E-state index in [-0.39, 0.29) is 11.7 Å². The van der Waals surface area contributed by atoms with Crippen LogP contribution in [-0.4, -0.2) is 28.0 Å². The van der Waals surface area contributed by atoms with Gasteiger partial charge in [0.05, 0.1) is 0 Å². The summed E-state index contributed by atoms with van der Waals surface area (Å²) in [4.78, 5) is 6.12. The number of amidine groups is 1. The third kappa shape index (κ3) is 4.00. The topological polar surface area (TPSA) is 74.7 Å². The number of benzene rings is 1. The predicted octanol–water partition coefficient (Wildman–Crippen LogP) is 1.95. The van der Waals surface area contributed by atoms with Gasteiger partial charge in [0, 0.05) is 19.3 Å². The Balaban J connectivity index is 2.11. The summed E-state index contributed by atoms with van der Waals surface area (Å²) >= 11 is 0. The summed E-state index contributed by atoms with van der Waals surface area (Å²) in [7, 11) is 1.91. The molecule has 110 valence electrons. The van der Waals surface area contributed by atoms with E-state index in [9.17, 15) is 4.39 Å².